The standard InChI is InChI=1S/C14H19Cl2N3O/c1-9-2-3-11(15)14(13(9)16)18-12(20)8-19-6-4-10(17)5-7-19/h2-3,10H,4-8,17H2,1H3,(H,18,20). The van der Waals surface area contributed by atoms with E-state index in [1.807, 2.05) is 13.0 Å². The molecule has 1 aromatic carbocycles. The van der Waals surface area contributed by atoms with Crippen molar-refractivity contribution in [1.29, 1.82) is 0 Å². The van der Waals surface area contributed by atoms with E-state index in [1.54, 1.807) is 6.07 Å². The van der Waals surface area contributed by atoms with E-state index in [0.29, 0.717) is 22.3 Å². The number of carbonyl (C=O) groups is 1. The number of halogens is 2. The van der Waals surface area contributed by atoms with Gasteiger partial charge in [-0.2, -0.15) is 0 Å². The first-order valence-electron chi connectivity index (χ1n) is 6.69. The van der Waals surface area contributed by atoms with Gasteiger partial charge in [0.05, 0.1) is 22.3 Å². The molecule has 0 saturated carbocycles. The smallest absolute Gasteiger partial charge is 0.238 e. The van der Waals surface area contributed by atoms with Crippen molar-refractivity contribution in [2.45, 2.75) is 25.8 Å². The van der Waals surface area contributed by atoms with Gasteiger partial charge in [0.1, 0.15) is 0 Å². The second-order valence-corrected chi connectivity index (χ2v) is 6.00. The van der Waals surface area contributed by atoms with Gasteiger partial charge in [-0.25, -0.2) is 0 Å². The van der Waals surface area contributed by atoms with Crippen molar-refractivity contribution < 1.29 is 4.79 Å². The molecule has 4 nitrogen and oxygen atoms in total. The number of hydrogen-bond donors (Lipinski definition) is 2. The van der Waals surface area contributed by atoms with Gasteiger partial charge in [0.15, 0.2) is 0 Å². The second-order valence-electron chi connectivity index (χ2n) is 5.22. The fraction of sp³-hybridized carbons (Fsp3) is 0.500. The molecule has 1 aliphatic rings. The van der Waals surface area contributed by atoms with Crippen LogP contribution in [0.15, 0.2) is 12.1 Å². The summed E-state index contributed by atoms with van der Waals surface area (Å²) in [4.78, 5) is 14.2. The maximum atomic E-state index is 12.1. The van der Waals surface area contributed by atoms with Crippen LogP contribution in [0.4, 0.5) is 5.69 Å². The molecule has 1 aromatic rings. The molecule has 6 heteroatoms. The minimum Gasteiger partial charge on any atom is -0.328 e. The van der Waals surface area contributed by atoms with Gasteiger partial charge in [-0.1, -0.05) is 29.3 Å². The van der Waals surface area contributed by atoms with Crippen LogP contribution in [0.5, 0.6) is 0 Å². The van der Waals surface area contributed by atoms with E-state index in [2.05, 4.69) is 10.2 Å². The number of anilines is 1. The molecular weight excluding hydrogens is 297 g/mol. The number of amides is 1. The minimum atomic E-state index is -0.102. The Morgan fingerprint density at radius 3 is 2.70 bits per heavy atom. The van der Waals surface area contributed by atoms with Crippen molar-refractivity contribution in [2.24, 2.45) is 5.73 Å². The number of benzene rings is 1. The lowest BCUT2D eigenvalue weighted by Crippen LogP contribution is -2.43. The Balaban J connectivity index is 1.97. The summed E-state index contributed by atoms with van der Waals surface area (Å²) in [6.07, 6.45) is 1.86. The van der Waals surface area contributed by atoms with Crippen molar-refractivity contribution in [3.63, 3.8) is 0 Å². The highest BCUT2D eigenvalue weighted by Gasteiger charge is 2.19. The van der Waals surface area contributed by atoms with E-state index in [1.165, 1.54) is 0 Å². The quantitative estimate of drug-likeness (QED) is 0.901. The van der Waals surface area contributed by atoms with Crippen molar-refractivity contribution >= 4 is 34.8 Å². The van der Waals surface area contributed by atoms with E-state index in [-0.39, 0.29) is 11.9 Å². The Kier molecular flexibility index (Phi) is 5.27. The van der Waals surface area contributed by atoms with Gasteiger partial charge in [0.25, 0.3) is 0 Å². The minimum absolute atomic E-state index is 0.102. The zero-order valence-electron chi connectivity index (χ0n) is 11.5. The summed E-state index contributed by atoms with van der Waals surface area (Å²) >= 11 is 12.3. The fourth-order valence-corrected chi connectivity index (χ4v) is 2.73. The van der Waals surface area contributed by atoms with E-state index < -0.39 is 0 Å². The van der Waals surface area contributed by atoms with Gasteiger partial charge < -0.3 is 11.1 Å². The molecule has 0 aliphatic carbocycles. The molecule has 1 amide bonds. The summed E-state index contributed by atoms with van der Waals surface area (Å²) in [5, 5.41) is 3.75. The Labute approximate surface area is 129 Å². The summed E-state index contributed by atoms with van der Waals surface area (Å²) in [5.41, 5.74) is 7.22. The molecule has 0 bridgehead atoms. The van der Waals surface area contributed by atoms with Crippen LogP contribution in [0.25, 0.3) is 0 Å². The number of nitrogens with zero attached hydrogens (tertiary/aromatic N) is 1. The number of hydrogen-bond acceptors (Lipinski definition) is 3. The zero-order valence-corrected chi connectivity index (χ0v) is 13.0. The topological polar surface area (TPSA) is 58.4 Å². The van der Waals surface area contributed by atoms with Crippen LogP contribution in [-0.2, 0) is 4.79 Å². The Hall–Kier alpha value is -0.810. The maximum Gasteiger partial charge on any atom is 0.238 e. The Morgan fingerprint density at radius 1 is 1.40 bits per heavy atom. The number of piperidine rings is 1. The van der Waals surface area contributed by atoms with Gasteiger partial charge in [-0.3, -0.25) is 9.69 Å². The number of nitrogens with one attached hydrogen (secondary N) is 1. The van der Waals surface area contributed by atoms with Gasteiger partial charge in [-0.05, 0) is 31.4 Å². The Bertz CT molecular complexity index is 499. The molecular formula is C14H19Cl2N3O. The molecule has 3 N–H and O–H groups in total. The van der Waals surface area contributed by atoms with E-state index in [9.17, 15) is 4.79 Å². The lowest BCUT2D eigenvalue weighted by Gasteiger charge is -2.29. The zero-order chi connectivity index (χ0) is 14.7. The first-order chi connectivity index (χ1) is 9.47. The maximum absolute atomic E-state index is 12.1. The lowest BCUT2D eigenvalue weighted by atomic mass is 10.1. The molecule has 1 fully saturated rings. The number of rotatable bonds is 3. The SMILES string of the molecule is Cc1ccc(Cl)c(NC(=O)CN2CCC(N)CC2)c1Cl. The molecule has 0 atom stereocenters. The van der Waals surface area contributed by atoms with E-state index >= 15 is 0 Å². The molecule has 2 rings (SSSR count). The highest BCUT2D eigenvalue weighted by atomic mass is 35.5. The summed E-state index contributed by atoms with van der Waals surface area (Å²) in [7, 11) is 0. The second kappa shape index (κ2) is 6.76. The van der Waals surface area contributed by atoms with Crippen molar-refractivity contribution in [1.82, 2.24) is 4.90 Å². The summed E-state index contributed by atoms with van der Waals surface area (Å²) in [6.45, 7) is 3.92. The largest absolute Gasteiger partial charge is 0.328 e. The predicted octanol–water partition coefficient (Wildman–Crippen LogP) is 2.66. The van der Waals surface area contributed by atoms with Crippen LogP contribution in [-0.4, -0.2) is 36.5 Å². The molecule has 0 radical (unpaired) electrons. The summed E-state index contributed by atoms with van der Waals surface area (Å²) in [6, 6.07) is 3.82. The van der Waals surface area contributed by atoms with Crippen molar-refractivity contribution in [2.75, 3.05) is 25.0 Å². The van der Waals surface area contributed by atoms with Crippen molar-refractivity contribution in [3.05, 3.63) is 27.7 Å². The molecule has 1 heterocycles. The Morgan fingerprint density at radius 2 is 2.05 bits per heavy atom. The van der Waals surface area contributed by atoms with E-state index in [0.717, 1.165) is 31.5 Å². The third kappa shape index (κ3) is 3.85. The molecule has 0 unspecified atom stereocenters. The highest BCUT2D eigenvalue weighted by molar-refractivity contribution is 6.40. The van der Waals surface area contributed by atoms with Crippen molar-refractivity contribution in [3.8, 4) is 0 Å². The monoisotopic (exact) mass is 315 g/mol. The average molecular weight is 316 g/mol. The average Bonchev–Trinajstić information content (AvgIpc) is 2.42. The van der Waals surface area contributed by atoms with Crippen LogP contribution in [0, 0.1) is 6.92 Å². The van der Waals surface area contributed by atoms with Crippen LogP contribution < -0.4 is 11.1 Å². The van der Waals surface area contributed by atoms with Gasteiger partial charge in [0.2, 0.25) is 5.91 Å². The van der Waals surface area contributed by atoms with Gasteiger partial charge >= 0.3 is 0 Å². The number of likely N-dealkylation sites (tertiary alicyclic amines) is 1. The summed E-state index contributed by atoms with van der Waals surface area (Å²) in [5.74, 6) is -0.102. The molecule has 1 saturated heterocycles. The first-order valence-corrected chi connectivity index (χ1v) is 7.45. The van der Waals surface area contributed by atoms with Gasteiger partial charge in [-0.15, -0.1) is 0 Å². The molecule has 20 heavy (non-hydrogen) atoms. The van der Waals surface area contributed by atoms with Crippen LogP contribution >= 0.6 is 23.2 Å². The van der Waals surface area contributed by atoms with Crippen LogP contribution in [0.3, 0.4) is 0 Å². The third-order valence-corrected chi connectivity index (χ3v) is 4.35. The molecule has 110 valence electrons. The molecule has 0 spiro atoms. The van der Waals surface area contributed by atoms with E-state index in [4.69, 9.17) is 28.9 Å². The van der Waals surface area contributed by atoms with Crippen LogP contribution in [0.1, 0.15) is 18.4 Å². The predicted molar refractivity (Wildman–Crippen MR) is 83.5 cm³/mol. The fourth-order valence-electron chi connectivity index (χ4n) is 2.26. The normalized spacial score (nSPS) is 17.2. The third-order valence-electron chi connectivity index (χ3n) is 3.55. The number of carbonyl (C=O) groups excluding carboxylic acids is 1. The highest BCUT2D eigenvalue weighted by Crippen LogP contribution is 2.32. The molecule has 1 aliphatic heterocycles. The van der Waals surface area contributed by atoms with Crippen LogP contribution in [0.2, 0.25) is 10.0 Å². The number of aryl methyl sites for hydroxylation is 1. The first kappa shape index (κ1) is 15.6. The van der Waals surface area contributed by atoms with Gasteiger partial charge in [0, 0.05) is 19.1 Å². The lowest BCUT2D eigenvalue weighted by molar-refractivity contribution is -0.117. The number of nitrogens with two attached hydrogens (primary N) is 1. The summed E-state index contributed by atoms with van der Waals surface area (Å²) < 4.78 is 0. The molecule has 0 aromatic heterocycles.